The standard InChI is InChI=1S/C34H42FN3O3/c1-4-30-31(34(39)36-24-27-11-9-12-28(35)23-27)25-38(33(30)32(5-2)40-3)19-10-18-37-20-15-26(16-21-37)17-22-41-29-13-7-6-8-14-29/h4-9,11-14,23,25-26H,2,10,15-22,24H2,1,3H3,(H,36,39)/b30-4-,33-32-. The SMILES string of the molecule is C=C/C(OC)=c1\c(=C/C)c(C(=O)NCc2cccc(F)c2)cn1CCCN1CCC(CCOc2ccccc2)CC1. The molecule has 0 bridgehead atoms. The molecule has 0 saturated carbocycles. The van der Waals surface area contributed by atoms with Gasteiger partial charge in [-0.15, -0.1) is 0 Å². The highest BCUT2D eigenvalue weighted by Crippen LogP contribution is 2.21. The number of benzene rings is 2. The molecule has 0 unspecified atom stereocenters. The van der Waals surface area contributed by atoms with E-state index in [9.17, 15) is 9.18 Å². The predicted octanol–water partition coefficient (Wildman–Crippen LogP) is 4.87. The summed E-state index contributed by atoms with van der Waals surface area (Å²) in [5, 5.41) is 4.58. The predicted molar refractivity (Wildman–Crippen MR) is 162 cm³/mol. The van der Waals surface area contributed by atoms with Gasteiger partial charge in [0.2, 0.25) is 0 Å². The molecule has 2 heterocycles. The number of ether oxygens (including phenoxy) is 2. The Morgan fingerprint density at radius 3 is 2.59 bits per heavy atom. The number of amides is 1. The van der Waals surface area contributed by atoms with E-state index in [0.29, 0.717) is 22.8 Å². The van der Waals surface area contributed by atoms with E-state index < -0.39 is 0 Å². The van der Waals surface area contributed by atoms with Gasteiger partial charge in [0.25, 0.3) is 5.91 Å². The number of aryl methyl sites for hydroxylation is 1. The summed E-state index contributed by atoms with van der Waals surface area (Å²) in [5.74, 6) is 1.74. The highest BCUT2D eigenvalue weighted by Gasteiger charge is 2.20. The number of aromatic nitrogens is 1. The summed E-state index contributed by atoms with van der Waals surface area (Å²) in [4.78, 5) is 15.8. The van der Waals surface area contributed by atoms with Crippen LogP contribution in [0.25, 0.3) is 11.8 Å². The summed E-state index contributed by atoms with van der Waals surface area (Å²) in [5.41, 5.74) is 1.27. The summed E-state index contributed by atoms with van der Waals surface area (Å²) in [6, 6.07) is 16.3. The molecule has 1 aliphatic heterocycles. The molecule has 41 heavy (non-hydrogen) atoms. The number of rotatable bonds is 13. The van der Waals surface area contributed by atoms with E-state index in [-0.39, 0.29) is 18.3 Å². The molecule has 0 radical (unpaired) electrons. The number of methoxy groups -OCH3 is 1. The van der Waals surface area contributed by atoms with Crippen LogP contribution in [0.4, 0.5) is 4.39 Å². The van der Waals surface area contributed by atoms with Crippen LogP contribution in [0.5, 0.6) is 5.75 Å². The van der Waals surface area contributed by atoms with Crippen LogP contribution in [-0.4, -0.2) is 48.7 Å². The second-order valence-electron chi connectivity index (χ2n) is 10.5. The van der Waals surface area contributed by atoms with Crippen molar-refractivity contribution in [3.8, 4) is 5.75 Å². The minimum Gasteiger partial charge on any atom is -0.495 e. The number of nitrogens with one attached hydrogen (secondary N) is 1. The van der Waals surface area contributed by atoms with Gasteiger partial charge in [-0.1, -0.05) is 43.0 Å². The second-order valence-corrected chi connectivity index (χ2v) is 10.5. The Balaban J connectivity index is 1.34. The lowest BCUT2D eigenvalue weighted by Gasteiger charge is -2.32. The Labute approximate surface area is 242 Å². The molecule has 1 amide bonds. The van der Waals surface area contributed by atoms with Crippen LogP contribution in [0.2, 0.25) is 0 Å². The van der Waals surface area contributed by atoms with E-state index in [1.54, 1.807) is 25.3 Å². The second kappa shape index (κ2) is 15.2. The maximum atomic E-state index is 13.6. The summed E-state index contributed by atoms with van der Waals surface area (Å²) in [6.07, 6.45) is 9.92. The third-order valence-corrected chi connectivity index (χ3v) is 7.75. The molecule has 1 fully saturated rings. The lowest BCUT2D eigenvalue weighted by atomic mass is 9.94. The fourth-order valence-corrected chi connectivity index (χ4v) is 5.52. The molecule has 218 valence electrons. The molecule has 0 atom stereocenters. The van der Waals surface area contributed by atoms with Gasteiger partial charge in [-0.25, -0.2) is 4.39 Å². The van der Waals surface area contributed by atoms with Crippen LogP contribution in [0.1, 0.15) is 48.5 Å². The molecule has 1 aliphatic rings. The van der Waals surface area contributed by atoms with Gasteiger partial charge in [-0.05, 0) is 94.1 Å². The Morgan fingerprint density at radius 2 is 1.90 bits per heavy atom. The van der Waals surface area contributed by atoms with Crippen molar-refractivity contribution in [3.63, 3.8) is 0 Å². The first kappa shape index (κ1) is 30.1. The van der Waals surface area contributed by atoms with Crippen molar-refractivity contribution in [3.05, 3.63) is 101 Å². The number of carbonyl (C=O) groups excluding carboxylic acids is 1. The summed E-state index contributed by atoms with van der Waals surface area (Å²) in [6.45, 7) is 10.8. The first-order valence-electron chi connectivity index (χ1n) is 14.5. The van der Waals surface area contributed by atoms with Crippen molar-refractivity contribution in [1.82, 2.24) is 14.8 Å². The minimum atomic E-state index is -0.320. The molecule has 0 aliphatic carbocycles. The minimum absolute atomic E-state index is 0.208. The summed E-state index contributed by atoms with van der Waals surface area (Å²) in [7, 11) is 1.62. The number of hydrogen-bond donors (Lipinski definition) is 1. The van der Waals surface area contributed by atoms with Crippen LogP contribution in [0, 0.1) is 11.7 Å². The summed E-state index contributed by atoms with van der Waals surface area (Å²) < 4.78 is 27.2. The van der Waals surface area contributed by atoms with E-state index in [0.717, 1.165) is 61.9 Å². The molecule has 4 rings (SSSR count). The van der Waals surface area contributed by atoms with Crippen molar-refractivity contribution < 1.29 is 18.7 Å². The molecule has 3 aromatic rings. The molecule has 6 nitrogen and oxygen atoms in total. The normalized spacial score (nSPS) is 15.4. The molecule has 1 saturated heterocycles. The maximum Gasteiger partial charge on any atom is 0.253 e. The zero-order valence-electron chi connectivity index (χ0n) is 24.3. The van der Waals surface area contributed by atoms with Gasteiger partial charge in [0, 0.05) is 24.5 Å². The van der Waals surface area contributed by atoms with Crippen LogP contribution >= 0.6 is 0 Å². The average Bonchev–Trinajstić information content (AvgIpc) is 3.36. The Hall–Kier alpha value is -3.84. The fourth-order valence-electron chi connectivity index (χ4n) is 5.52. The molecular weight excluding hydrogens is 517 g/mol. The molecule has 1 aromatic heterocycles. The van der Waals surface area contributed by atoms with Gasteiger partial charge in [0.15, 0.2) is 0 Å². The number of likely N-dealkylation sites (tertiary alicyclic amines) is 1. The largest absolute Gasteiger partial charge is 0.495 e. The Bertz CT molecular complexity index is 1410. The van der Waals surface area contributed by atoms with Gasteiger partial charge >= 0.3 is 0 Å². The first-order valence-corrected chi connectivity index (χ1v) is 14.5. The van der Waals surface area contributed by atoms with Gasteiger partial charge in [-0.2, -0.15) is 0 Å². The third kappa shape index (κ3) is 8.33. The lowest BCUT2D eigenvalue weighted by Crippen LogP contribution is -2.37. The first-order chi connectivity index (χ1) is 20.0. The number of piperidine rings is 1. The third-order valence-electron chi connectivity index (χ3n) is 7.75. The van der Waals surface area contributed by atoms with E-state index in [2.05, 4.69) is 21.4 Å². The Kier molecular flexibility index (Phi) is 11.2. The monoisotopic (exact) mass is 559 g/mol. The maximum absolute atomic E-state index is 13.6. The number of nitrogens with zero attached hydrogens (tertiary/aromatic N) is 2. The van der Waals surface area contributed by atoms with E-state index >= 15 is 0 Å². The van der Waals surface area contributed by atoms with E-state index in [1.165, 1.54) is 25.0 Å². The quantitative estimate of drug-likeness (QED) is 0.325. The Morgan fingerprint density at radius 1 is 1.12 bits per heavy atom. The van der Waals surface area contributed by atoms with Crippen LogP contribution in [-0.2, 0) is 17.8 Å². The van der Waals surface area contributed by atoms with Gasteiger partial charge in [0.05, 0.1) is 24.6 Å². The number of para-hydroxylation sites is 1. The molecule has 0 spiro atoms. The van der Waals surface area contributed by atoms with Crippen molar-refractivity contribution in [2.24, 2.45) is 5.92 Å². The average molecular weight is 560 g/mol. The van der Waals surface area contributed by atoms with Crippen molar-refractivity contribution in [2.45, 2.75) is 45.7 Å². The number of halogens is 1. The van der Waals surface area contributed by atoms with Crippen molar-refractivity contribution in [2.75, 3.05) is 33.4 Å². The van der Waals surface area contributed by atoms with Crippen LogP contribution in [0.3, 0.4) is 0 Å². The molecule has 7 heteroatoms. The fraction of sp³-hybridized carbons (Fsp3) is 0.382. The number of carbonyl (C=O) groups is 1. The lowest BCUT2D eigenvalue weighted by molar-refractivity contribution is 0.0950. The van der Waals surface area contributed by atoms with Crippen molar-refractivity contribution in [1.29, 1.82) is 0 Å². The van der Waals surface area contributed by atoms with Crippen molar-refractivity contribution >= 4 is 17.7 Å². The van der Waals surface area contributed by atoms with Crippen LogP contribution in [0.15, 0.2) is 73.4 Å². The molecule has 2 aromatic carbocycles. The van der Waals surface area contributed by atoms with E-state index in [4.69, 9.17) is 9.47 Å². The highest BCUT2D eigenvalue weighted by molar-refractivity contribution is 5.94. The van der Waals surface area contributed by atoms with Gasteiger partial charge < -0.3 is 24.3 Å². The zero-order chi connectivity index (χ0) is 29.0. The zero-order valence-corrected chi connectivity index (χ0v) is 24.3. The smallest absolute Gasteiger partial charge is 0.253 e. The highest BCUT2D eigenvalue weighted by atomic mass is 19.1. The number of hydrogen-bond acceptors (Lipinski definition) is 4. The van der Waals surface area contributed by atoms with Gasteiger partial charge in [0.1, 0.15) is 17.3 Å². The summed E-state index contributed by atoms with van der Waals surface area (Å²) >= 11 is 0. The topological polar surface area (TPSA) is 55.7 Å². The molecular formula is C34H42FN3O3. The van der Waals surface area contributed by atoms with Gasteiger partial charge in [-0.3, -0.25) is 4.79 Å². The molecule has 1 N–H and O–H groups in total. The van der Waals surface area contributed by atoms with Crippen LogP contribution < -0.4 is 20.6 Å². The van der Waals surface area contributed by atoms with E-state index in [1.807, 2.05) is 49.5 Å².